The van der Waals surface area contributed by atoms with Gasteiger partial charge in [0.25, 0.3) is 0 Å². The van der Waals surface area contributed by atoms with Crippen molar-refractivity contribution in [2.45, 2.75) is 6.18 Å². The topological polar surface area (TPSA) is 52.5 Å². The number of alkyl halides is 3. The third-order valence-corrected chi connectivity index (χ3v) is 3.31. The SMILES string of the molecule is N#Cc1c(-c2cccc(Cl)n2)[nH]c(C(F)(F)F)c1Br. The molecule has 3 nitrogen and oxygen atoms in total. The Labute approximate surface area is 119 Å². The number of H-pyrrole nitrogens is 1. The van der Waals surface area contributed by atoms with Crippen molar-refractivity contribution in [3.8, 4) is 17.5 Å². The number of nitrogens with one attached hydrogen (secondary N) is 1. The van der Waals surface area contributed by atoms with Crippen LogP contribution in [0.2, 0.25) is 5.15 Å². The van der Waals surface area contributed by atoms with Crippen molar-refractivity contribution in [3.63, 3.8) is 0 Å². The van der Waals surface area contributed by atoms with Crippen LogP contribution in [0.25, 0.3) is 11.4 Å². The molecule has 2 aromatic heterocycles. The molecule has 1 N–H and O–H groups in total. The van der Waals surface area contributed by atoms with E-state index in [0.29, 0.717) is 0 Å². The van der Waals surface area contributed by atoms with Crippen molar-refractivity contribution in [2.75, 3.05) is 0 Å². The lowest BCUT2D eigenvalue weighted by atomic mass is 10.2. The molecule has 0 aliphatic rings. The molecule has 0 atom stereocenters. The minimum Gasteiger partial charge on any atom is -0.348 e. The van der Waals surface area contributed by atoms with Crippen LogP contribution in [0, 0.1) is 11.3 Å². The van der Waals surface area contributed by atoms with E-state index in [4.69, 9.17) is 16.9 Å². The number of nitriles is 1. The average Bonchev–Trinajstić information content (AvgIpc) is 2.66. The third-order valence-electron chi connectivity index (χ3n) is 2.31. The van der Waals surface area contributed by atoms with Crippen LogP contribution in [-0.4, -0.2) is 9.97 Å². The quantitative estimate of drug-likeness (QED) is 0.776. The summed E-state index contributed by atoms with van der Waals surface area (Å²) in [6, 6.07) is 6.20. The van der Waals surface area contributed by atoms with Gasteiger partial charge in [0.2, 0.25) is 0 Å². The summed E-state index contributed by atoms with van der Waals surface area (Å²) in [7, 11) is 0. The predicted octanol–water partition coefficient (Wildman–Crippen LogP) is 4.38. The van der Waals surface area contributed by atoms with Gasteiger partial charge in [0, 0.05) is 0 Å². The summed E-state index contributed by atoms with van der Waals surface area (Å²) >= 11 is 8.46. The summed E-state index contributed by atoms with van der Waals surface area (Å²) in [5.74, 6) is 0. The summed E-state index contributed by atoms with van der Waals surface area (Å²) < 4.78 is 37.9. The summed E-state index contributed by atoms with van der Waals surface area (Å²) in [6.45, 7) is 0. The van der Waals surface area contributed by atoms with Crippen LogP contribution in [0.1, 0.15) is 11.3 Å². The molecule has 0 amide bonds. The average molecular weight is 351 g/mol. The molecule has 0 spiro atoms. The molecule has 2 heterocycles. The maximum atomic E-state index is 12.8. The fourth-order valence-electron chi connectivity index (χ4n) is 1.52. The van der Waals surface area contributed by atoms with E-state index in [9.17, 15) is 13.2 Å². The van der Waals surface area contributed by atoms with Crippen molar-refractivity contribution in [3.05, 3.63) is 39.1 Å². The van der Waals surface area contributed by atoms with E-state index in [0.717, 1.165) is 0 Å². The van der Waals surface area contributed by atoms with Gasteiger partial charge in [0.15, 0.2) is 0 Å². The Kier molecular flexibility index (Phi) is 3.56. The van der Waals surface area contributed by atoms with Gasteiger partial charge in [-0.3, -0.25) is 0 Å². The zero-order valence-electron chi connectivity index (χ0n) is 9.02. The smallest absolute Gasteiger partial charge is 0.348 e. The predicted molar refractivity (Wildman–Crippen MR) is 66.5 cm³/mol. The number of hydrogen-bond donors (Lipinski definition) is 1. The molecule has 0 radical (unpaired) electrons. The lowest BCUT2D eigenvalue weighted by molar-refractivity contribution is -0.141. The van der Waals surface area contributed by atoms with E-state index in [1.54, 1.807) is 6.07 Å². The van der Waals surface area contributed by atoms with Crippen molar-refractivity contribution in [1.29, 1.82) is 5.26 Å². The first kappa shape index (κ1) is 13.9. The fourth-order valence-corrected chi connectivity index (χ4v) is 2.29. The maximum Gasteiger partial charge on any atom is 0.432 e. The number of rotatable bonds is 1. The molecule has 0 aliphatic heterocycles. The van der Waals surface area contributed by atoms with Crippen LogP contribution >= 0.6 is 27.5 Å². The first-order valence-corrected chi connectivity index (χ1v) is 6.03. The van der Waals surface area contributed by atoms with Gasteiger partial charge in [0.05, 0.1) is 21.4 Å². The summed E-state index contributed by atoms with van der Waals surface area (Å²) in [5, 5.41) is 9.11. The van der Waals surface area contributed by atoms with Crippen molar-refractivity contribution in [2.24, 2.45) is 0 Å². The normalized spacial score (nSPS) is 11.4. The summed E-state index contributed by atoms with van der Waals surface area (Å²) in [6.07, 6.45) is -4.60. The molecule has 0 aliphatic carbocycles. The lowest BCUT2D eigenvalue weighted by Crippen LogP contribution is -2.06. The van der Waals surface area contributed by atoms with Crippen LogP contribution in [0.5, 0.6) is 0 Å². The Balaban J connectivity index is 2.69. The van der Waals surface area contributed by atoms with E-state index in [1.165, 1.54) is 18.2 Å². The minimum absolute atomic E-state index is 0.0239. The van der Waals surface area contributed by atoms with E-state index in [-0.39, 0.29) is 26.6 Å². The van der Waals surface area contributed by atoms with Crippen LogP contribution in [-0.2, 0) is 6.18 Å². The van der Waals surface area contributed by atoms with Crippen LogP contribution in [0.15, 0.2) is 22.7 Å². The second kappa shape index (κ2) is 4.87. The van der Waals surface area contributed by atoms with Gasteiger partial charge in [-0.05, 0) is 28.1 Å². The highest BCUT2D eigenvalue weighted by molar-refractivity contribution is 9.10. The van der Waals surface area contributed by atoms with Gasteiger partial charge in [-0.1, -0.05) is 17.7 Å². The lowest BCUT2D eigenvalue weighted by Gasteiger charge is -2.03. The van der Waals surface area contributed by atoms with Crippen LogP contribution in [0.4, 0.5) is 13.2 Å². The second-order valence-corrected chi connectivity index (χ2v) is 4.70. The largest absolute Gasteiger partial charge is 0.432 e. The highest BCUT2D eigenvalue weighted by Crippen LogP contribution is 2.39. The number of halogens is 5. The molecular weight excluding hydrogens is 346 g/mol. The van der Waals surface area contributed by atoms with Crippen LogP contribution < -0.4 is 0 Å². The Morgan fingerprint density at radius 1 is 1.37 bits per heavy atom. The molecule has 0 bridgehead atoms. The van der Waals surface area contributed by atoms with E-state index in [1.807, 2.05) is 0 Å². The number of hydrogen-bond acceptors (Lipinski definition) is 2. The molecule has 2 rings (SSSR count). The molecule has 8 heteroatoms. The molecule has 0 saturated carbocycles. The molecule has 19 heavy (non-hydrogen) atoms. The first-order chi connectivity index (χ1) is 8.84. The molecule has 0 aromatic carbocycles. The Morgan fingerprint density at radius 3 is 2.58 bits per heavy atom. The maximum absolute atomic E-state index is 12.8. The number of aromatic nitrogens is 2. The van der Waals surface area contributed by atoms with Gasteiger partial charge in [-0.2, -0.15) is 18.4 Å². The van der Waals surface area contributed by atoms with Gasteiger partial charge in [0.1, 0.15) is 16.9 Å². The Bertz CT molecular complexity index is 673. The van der Waals surface area contributed by atoms with Gasteiger partial charge >= 0.3 is 6.18 Å². The monoisotopic (exact) mass is 349 g/mol. The van der Waals surface area contributed by atoms with E-state index < -0.39 is 11.9 Å². The van der Waals surface area contributed by atoms with Gasteiger partial charge in [-0.15, -0.1) is 0 Å². The van der Waals surface area contributed by atoms with E-state index in [2.05, 4.69) is 25.9 Å². The Hall–Kier alpha value is -1.52. The number of aromatic amines is 1. The second-order valence-electron chi connectivity index (χ2n) is 3.52. The highest BCUT2D eigenvalue weighted by atomic mass is 79.9. The molecular formula is C11H4BrClF3N3. The molecule has 98 valence electrons. The fraction of sp³-hybridized carbons (Fsp3) is 0.0909. The molecule has 0 saturated heterocycles. The molecule has 0 unspecified atom stereocenters. The van der Waals surface area contributed by atoms with Crippen LogP contribution in [0.3, 0.4) is 0 Å². The Morgan fingerprint density at radius 2 is 2.05 bits per heavy atom. The van der Waals surface area contributed by atoms with Crippen molar-refractivity contribution < 1.29 is 13.2 Å². The highest BCUT2D eigenvalue weighted by Gasteiger charge is 2.37. The first-order valence-electron chi connectivity index (χ1n) is 4.86. The number of pyridine rings is 1. The standard InChI is InChI=1S/C11H4BrClF3N3/c12-8-5(4-17)9(19-10(8)11(14,15)16)6-2-1-3-7(13)18-6/h1-3,19H. The number of nitrogens with zero attached hydrogens (tertiary/aromatic N) is 2. The summed E-state index contributed by atoms with van der Waals surface area (Å²) in [4.78, 5) is 6.05. The zero-order valence-corrected chi connectivity index (χ0v) is 11.4. The molecule has 0 fully saturated rings. The van der Waals surface area contributed by atoms with Crippen molar-refractivity contribution >= 4 is 27.5 Å². The summed E-state index contributed by atoms with van der Waals surface area (Å²) in [5.41, 5.74) is -1.05. The third kappa shape index (κ3) is 2.60. The minimum atomic E-state index is -4.60. The van der Waals surface area contributed by atoms with Crippen molar-refractivity contribution in [1.82, 2.24) is 9.97 Å². The van der Waals surface area contributed by atoms with Gasteiger partial charge < -0.3 is 4.98 Å². The van der Waals surface area contributed by atoms with E-state index >= 15 is 0 Å². The van der Waals surface area contributed by atoms with Gasteiger partial charge in [-0.25, -0.2) is 4.98 Å². The molecule has 2 aromatic rings. The zero-order chi connectivity index (χ0) is 14.2.